The van der Waals surface area contributed by atoms with Gasteiger partial charge in [-0.1, -0.05) is 18.2 Å². The lowest BCUT2D eigenvalue weighted by atomic mass is 10.1. The van der Waals surface area contributed by atoms with Crippen molar-refractivity contribution in [1.29, 1.82) is 0 Å². The van der Waals surface area contributed by atoms with Gasteiger partial charge in [-0.05, 0) is 41.4 Å². The molecule has 1 aromatic heterocycles. The zero-order valence-corrected chi connectivity index (χ0v) is 14.8. The summed E-state index contributed by atoms with van der Waals surface area (Å²) in [6, 6.07) is 15.1. The zero-order valence-electron chi connectivity index (χ0n) is 14.8. The van der Waals surface area contributed by atoms with E-state index in [1.165, 1.54) is 4.68 Å². The van der Waals surface area contributed by atoms with Crippen molar-refractivity contribution in [3.05, 3.63) is 59.8 Å². The number of ether oxygens (including phenoxy) is 2. The predicted octanol–water partition coefficient (Wildman–Crippen LogP) is 1.37. The van der Waals surface area contributed by atoms with Gasteiger partial charge in [0.25, 0.3) is 5.69 Å². The fraction of sp³-hybridized carbons (Fsp3) is 0.263. The van der Waals surface area contributed by atoms with Crippen LogP contribution in [0.4, 0.5) is 0 Å². The maximum atomic E-state index is 12.0. The van der Waals surface area contributed by atoms with Crippen LogP contribution in [0.15, 0.2) is 53.1 Å². The summed E-state index contributed by atoms with van der Waals surface area (Å²) in [6.07, 6.45) is 0.784. The third-order valence-corrected chi connectivity index (χ3v) is 4.07. The molecule has 2 aromatic carbocycles. The monoisotopic (exact) mass is 355 g/mol. The first-order valence-corrected chi connectivity index (χ1v) is 8.28. The number of rotatable bonds is 8. The summed E-state index contributed by atoms with van der Waals surface area (Å²) in [6.45, 7) is 1.04. The van der Waals surface area contributed by atoms with Crippen molar-refractivity contribution in [3.8, 4) is 23.1 Å². The molecule has 0 amide bonds. The Hall–Kier alpha value is -3.06. The van der Waals surface area contributed by atoms with Gasteiger partial charge in [-0.15, -0.1) is 0 Å². The normalized spacial score (nSPS) is 10.7. The van der Waals surface area contributed by atoms with E-state index in [0.29, 0.717) is 18.8 Å². The second-order valence-electron chi connectivity index (χ2n) is 5.66. The van der Waals surface area contributed by atoms with Crippen LogP contribution < -0.4 is 24.6 Å². The quantitative estimate of drug-likeness (QED) is 0.485. The second kappa shape index (κ2) is 8.35. The predicted molar refractivity (Wildman–Crippen MR) is 92.4 cm³/mol. The third kappa shape index (κ3) is 3.94. The Morgan fingerprint density at radius 2 is 1.85 bits per heavy atom. The second-order valence-corrected chi connectivity index (χ2v) is 5.66. The number of aromatic nitrogens is 2. The van der Waals surface area contributed by atoms with Gasteiger partial charge < -0.3 is 24.4 Å². The van der Waals surface area contributed by atoms with Crippen molar-refractivity contribution in [2.24, 2.45) is 0 Å². The van der Waals surface area contributed by atoms with Gasteiger partial charge in [0.1, 0.15) is 11.5 Å². The minimum Gasteiger partial charge on any atom is -0.539 e. The molecular weight excluding hydrogens is 334 g/mol. The standard InChI is InChI=1S/C19H21N3O4/c1-24-16-9-7-15(8-10-16)22-17(19(23)26-21-22)13-20-12-11-14-5-3-4-6-18(14)25-2/h3-10,20H,11-13H2,1-2H3. The minimum atomic E-state index is -0.453. The first-order valence-electron chi connectivity index (χ1n) is 8.28. The van der Waals surface area contributed by atoms with Gasteiger partial charge in [0.15, 0.2) is 5.95 Å². The van der Waals surface area contributed by atoms with Crippen LogP contribution in [-0.4, -0.2) is 26.0 Å². The zero-order chi connectivity index (χ0) is 18.4. The number of benzene rings is 2. The van der Waals surface area contributed by atoms with Gasteiger partial charge in [-0.25, -0.2) is 0 Å². The van der Waals surface area contributed by atoms with Crippen molar-refractivity contribution in [3.63, 3.8) is 0 Å². The van der Waals surface area contributed by atoms with Gasteiger partial charge in [-0.3, -0.25) is 0 Å². The Labute approximate surface area is 151 Å². The Morgan fingerprint density at radius 1 is 1.08 bits per heavy atom. The first kappa shape index (κ1) is 17.8. The average Bonchev–Trinajstić information content (AvgIpc) is 3.06. The van der Waals surface area contributed by atoms with E-state index < -0.39 is 5.95 Å². The largest absolute Gasteiger partial charge is 0.539 e. The van der Waals surface area contributed by atoms with Crippen LogP contribution in [-0.2, 0) is 13.0 Å². The molecule has 0 radical (unpaired) electrons. The van der Waals surface area contributed by atoms with Crippen molar-refractivity contribution >= 4 is 0 Å². The molecule has 7 nitrogen and oxygen atoms in total. The van der Waals surface area contributed by atoms with Crippen LogP contribution >= 0.6 is 0 Å². The average molecular weight is 355 g/mol. The fourth-order valence-corrected chi connectivity index (χ4v) is 2.68. The van der Waals surface area contributed by atoms with Crippen molar-refractivity contribution in [1.82, 2.24) is 10.6 Å². The van der Waals surface area contributed by atoms with E-state index in [0.717, 1.165) is 29.2 Å². The van der Waals surface area contributed by atoms with Gasteiger partial charge in [0.2, 0.25) is 5.69 Å². The van der Waals surface area contributed by atoms with Gasteiger partial charge >= 0.3 is 0 Å². The Kier molecular flexibility index (Phi) is 5.70. The fourth-order valence-electron chi connectivity index (χ4n) is 2.68. The number of nitrogens with zero attached hydrogens (tertiary/aromatic N) is 2. The van der Waals surface area contributed by atoms with Crippen molar-refractivity contribution in [2.75, 3.05) is 20.8 Å². The maximum absolute atomic E-state index is 12.0. The molecule has 26 heavy (non-hydrogen) atoms. The van der Waals surface area contributed by atoms with E-state index >= 15 is 0 Å². The number of methoxy groups -OCH3 is 2. The van der Waals surface area contributed by atoms with Crippen LogP contribution in [0, 0.1) is 0 Å². The minimum absolute atomic E-state index is 0.351. The highest BCUT2D eigenvalue weighted by Gasteiger charge is 2.19. The molecule has 0 unspecified atom stereocenters. The van der Waals surface area contributed by atoms with Crippen LogP contribution in [0.3, 0.4) is 0 Å². The SMILES string of the molecule is COc1ccc(-[n+]2noc([O-])c2CNCCc2ccccc2OC)cc1. The third-order valence-electron chi connectivity index (χ3n) is 4.07. The van der Waals surface area contributed by atoms with Crippen molar-refractivity contribution < 1.29 is 23.8 Å². The Bertz CT molecular complexity index is 846. The maximum Gasteiger partial charge on any atom is 0.253 e. The molecule has 0 saturated carbocycles. The molecule has 0 aliphatic carbocycles. The van der Waals surface area contributed by atoms with Crippen molar-refractivity contribution in [2.45, 2.75) is 13.0 Å². The van der Waals surface area contributed by atoms with E-state index in [1.807, 2.05) is 36.4 Å². The summed E-state index contributed by atoms with van der Waals surface area (Å²) in [7, 11) is 3.26. The summed E-state index contributed by atoms with van der Waals surface area (Å²) >= 11 is 0. The van der Waals surface area contributed by atoms with E-state index in [4.69, 9.17) is 14.0 Å². The number of nitrogens with one attached hydrogen (secondary N) is 1. The highest BCUT2D eigenvalue weighted by molar-refractivity contribution is 5.33. The Balaban J connectivity index is 1.64. The summed E-state index contributed by atoms with van der Waals surface area (Å²) in [5.74, 6) is 1.14. The summed E-state index contributed by atoms with van der Waals surface area (Å²) in [5, 5.41) is 19.1. The van der Waals surface area contributed by atoms with Gasteiger partial charge in [0.05, 0.1) is 26.0 Å². The summed E-state index contributed by atoms with van der Waals surface area (Å²) in [4.78, 5) is 0. The van der Waals surface area contributed by atoms with Crippen LogP contribution in [0.1, 0.15) is 11.3 Å². The molecule has 0 saturated heterocycles. The number of hydrogen-bond acceptors (Lipinski definition) is 6. The molecule has 1 N–H and O–H groups in total. The number of hydrogen-bond donors (Lipinski definition) is 1. The van der Waals surface area contributed by atoms with Crippen LogP contribution in [0.5, 0.6) is 17.4 Å². The molecular formula is C19H21N3O4. The molecule has 0 spiro atoms. The van der Waals surface area contributed by atoms with Gasteiger partial charge in [0, 0.05) is 12.1 Å². The highest BCUT2D eigenvalue weighted by atomic mass is 16.6. The smallest absolute Gasteiger partial charge is 0.253 e. The molecule has 3 rings (SSSR count). The van der Waals surface area contributed by atoms with E-state index in [9.17, 15) is 5.11 Å². The summed E-state index contributed by atoms with van der Waals surface area (Å²) < 4.78 is 16.8. The van der Waals surface area contributed by atoms with Crippen LogP contribution in [0.2, 0.25) is 0 Å². The Morgan fingerprint density at radius 3 is 2.58 bits per heavy atom. The molecule has 0 bridgehead atoms. The lowest BCUT2D eigenvalue weighted by Gasteiger charge is -2.08. The van der Waals surface area contributed by atoms with E-state index in [-0.39, 0.29) is 0 Å². The molecule has 3 aromatic rings. The molecule has 0 atom stereocenters. The first-order chi connectivity index (χ1) is 12.7. The number of para-hydroxylation sites is 1. The highest BCUT2D eigenvalue weighted by Crippen LogP contribution is 2.17. The summed E-state index contributed by atoms with van der Waals surface area (Å²) in [5.41, 5.74) is 2.28. The topological polar surface area (TPSA) is 83.5 Å². The molecule has 1 heterocycles. The van der Waals surface area contributed by atoms with Crippen LogP contribution in [0.25, 0.3) is 5.69 Å². The molecule has 7 heteroatoms. The van der Waals surface area contributed by atoms with Gasteiger partial charge in [-0.2, -0.15) is 0 Å². The lowest BCUT2D eigenvalue weighted by Crippen LogP contribution is -2.39. The van der Waals surface area contributed by atoms with E-state index in [2.05, 4.69) is 10.6 Å². The molecule has 136 valence electrons. The molecule has 0 fully saturated rings. The van der Waals surface area contributed by atoms with E-state index in [1.54, 1.807) is 26.4 Å². The molecule has 0 aliphatic rings. The molecule has 0 aliphatic heterocycles. The lowest BCUT2D eigenvalue weighted by molar-refractivity contribution is -0.677.